The fourth-order valence-corrected chi connectivity index (χ4v) is 2.46. The summed E-state index contributed by atoms with van der Waals surface area (Å²) in [5.41, 5.74) is 3.27. The standard InChI is InChI=1S/C17H16N4O2/c1-23-16-8-7-15-19-14(10-21(15)20-16)12-3-2-4-13(9-12)18-17(22)11-5-6-11/h2-4,7-11H,5-6H2,1H3,(H,18,22). The molecule has 116 valence electrons. The van der Waals surface area contributed by atoms with Gasteiger partial charge in [-0.1, -0.05) is 12.1 Å². The van der Waals surface area contributed by atoms with Crippen LogP contribution < -0.4 is 10.1 Å². The van der Waals surface area contributed by atoms with Gasteiger partial charge in [0.25, 0.3) is 0 Å². The van der Waals surface area contributed by atoms with Crippen molar-refractivity contribution in [1.29, 1.82) is 0 Å². The van der Waals surface area contributed by atoms with E-state index in [1.54, 1.807) is 17.7 Å². The van der Waals surface area contributed by atoms with E-state index in [9.17, 15) is 4.79 Å². The summed E-state index contributed by atoms with van der Waals surface area (Å²) in [6.07, 6.45) is 3.83. The lowest BCUT2D eigenvalue weighted by Crippen LogP contribution is -2.13. The number of hydrogen-bond acceptors (Lipinski definition) is 4. The highest BCUT2D eigenvalue weighted by Crippen LogP contribution is 2.30. The number of anilines is 1. The molecular formula is C17H16N4O2. The van der Waals surface area contributed by atoms with Crippen molar-refractivity contribution in [2.24, 2.45) is 5.92 Å². The molecule has 0 unspecified atom stereocenters. The molecule has 6 nitrogen and oxygen atoms in total. The van der Waals surface area contributed by atoms with Crippen molar-refractivity contribution in [2.75, 3.05) is 12.4 Å². The molecule has 0 atom stereocenters. The van der Waals surface area contributed by atoms with Gasteiger partial charge in [-0.2, -0.15) is 0 Å². The number of fused-ring (bicyclic) bond motifs is 1. The lowest BCUT2D eigenvalue weighted by molar-refractivity contribution is -0.117. The van der Waals surface area contributed by atoms with Crippen LogP contribution in [0.25, 0.3) is 16.9 Å². The van der Waals surface area contributed by atoms with Crippen LogP contribution in [0.15, 0.2) is 42.6 Å². The second-order valence-electron chi connectivity index (χ2n) is 5.65. The third-order valence-corrected chi connectivity index (χ3v) is 3.88. The minimum Gasteiger partial charge on any atom is -0.480 e. The summed E-state index contributed by atoms with van der Waals surface area (Å²) in [5, 5.41) is 7.26. The van der Waals surface area contributed by atoms with E-state index >= 15 is 0 Å². The van der Waals surface area contributed by atoms with E-state index in [1.807, 2.05) is 36.5 Å². The molecule has 0 saturated heterocycles. The van der Waals surface area contributed by atoms with E-state index in [-0.39, 0.29) is 11.8 Å². The Morgan fingerprint density at radius 1 is 1.30 bits per heavy atom. The molecule has 23 heavy (non-hydrogen) atoms. The molecule has 1 N–H and O–H groups in total. The fourth-order valence-electron chi connectivity index (χ4n) is 2.46. The van der Waals surface area contributed by atoms with Gasteiger partial charge in [-0.3, -0.25) is 4.79 Å². The SMILES string of the molecule is COc1ccc2nc(-c3cccc(NC(=O)C4CC4)c3)cn2n1. The van der Waals surface area contributed by atoms with Gasteiger partial charge in [0.1, 0.15) is 0 Å². The Balaban J connectivity index is 1.65. The first-order valence-electron chi connectivity index (χ1n) is 7.55. The lowest BCUT2D eigenvalue weighted by atomic mass is 10.1. The van der Waals surface area contributed by atoms with Gasteiger partial charge in [-0.15, -0.1) is 5.10 Å². The van der Waals surface area contributed by atoms with Gasteiger partial charge < -0.3 is 10.1 Å². The zero-order valence-electron chi connectivity index (χ0n) is 12.7. The number of hydrogen-bond donors (Lipinski definition) is 1. The number of rotatable bonds is 4. The maximum atomic E-state index is 11.9. The zero-order chi connectivity index (χ0) is 15.8. The molecule has 0 spiro atoms. The Kier molecular flexibility index (Phi) is 3.22. The Morgan fingerprint density at radius 2 is 2.17 bits per heavy atom. The Morgan fingerprint density at radius 3 is 2.96 bits per heavy atom. The molecule has 2 aromatic heterocycles. The van der Waals surface area contributed by atoms with Gasteiger partial charge in [0, 0.05) is 23.2 Å². The van der Waals surface area contributed by atoms with Crippen molar-refractivity contribution in [3.8, 4) is 17.1 Å². The van der Waals surface area contributed by atoms with Crippen molar-refractivity contribution in [1.82, 2.24) is 14.6 Å². The molecule has 1 aliphatic carbocycles. The first-order chi connectivity index (χ1) is 11.2. The molecule has 1 aliphatic rings. The van der Waals surface area contributed by atoms with Gasteiger partial charge >= 0.3 is 0 Å². The lowest BCUT2D eigenvalue weighted by Gasteiger charge is -2.05. The number of nitrogens with one attached hydrogen (secondary N) is 1. The largest absolute Gasteiger partial charge is 0.480 e. The van der Waals surface area contributed by atoms with E-state index in [0.29, 0.717) is 5.88 Å². The second-order valence-corrected chi connectivity index (χ2v) is 5.65. The summed E-state index contributed by atoms with van der Waals surface area (Å²) >= 11 is 0. The smallest absolute Gasteiger partial charge is 0.231 e. The van der Waals surface area contributed by atoms with Crippen LogP contribution in [0.1, 0.15) is 12.8 Å². The summed E-state index contributed by atoms with van der Waals surface area (Å²) in [6, 6.07) is 11.3. The number of ether oxygens (including phenoxy) is 1. The predicted octanol–water partition coefficient (Wildman–Crippen LogP) is 2.75. The summed E-state index contributed by atoms with van der Waals surface area (Å²) < 4.78 is 6.81. The number of amides is 1. The molecule has 0 radical (unpaired) electrons. The summed E-state index contributed by atoms with van der Waals surface area (Å²) in [5.74, 6) is 0.820. The topological polar surface area (TPSA) is 68.5 Å². The van der Waals surface area contributed by atoms with Crippen molar-refractivity contribution in [2.45, 2.75) is 12.8 Å². The van der Waals surface area contributed by atoms with Gasteiger partial charge in [0.15, 0.2) is 5.65 Å². The number of aromatic nitrogens is 3. The molecule has 6 heteroatoms. The fraction of sp³-hybridized carbons (Fsp3) is 0.235. The molecule has 1 aromatic carbocycles. The Hall–Kier alpha value is -2.89. The van der Waals surface area contributed by atoms with Crippen molar-refractivity contribution in [3.05, 3.63) is 42.6 Å². The minimum absolute atomic E-state index is 0.101. The first-order valence-corrected chi connectivity index (χ1v) is 7.55. The van der Waals surface area contributed by atoms with Crippen molar-refractivity contribution in [3.63, 3.8) is 0 Å². The number of nitrogens with zero attached hydrogens (tertiary/aromatic N) is 3. The third kappa shape index (κ3) is 2.75. The van der Waals surface area contributed by atoms with E-state index < -0.39 is 0 Å². The van der Waals surface area contributed by atoms with Crippen LogP contribution in [0, 0.1) is 5.92 Å². The highest BCUT2D eigenvalue weighted by molar-refractivity contribution is 5.94. The maximum absolute atomic E-state index is 11.9. The molecule has 1 saturated carbocycles. The molecule has 1 fully saturated rings. The number of carbonyl (C=O) groups excluding carboxylic acids is 1. The summed E-state index contributed by atoms with van der Waals surface area (Å²) in [4.78, 5) is 16.4. The zero-order valence-corrected chi connectivity index (χ0v) is 12.7. The molecule has 2 heterocycles. The van der Waals surface area contributed by atoms with E-state index in [2.05, 4.69) is 15.4 Å². The van der Waals surface area contributed by atoms with Gasteiger partial charge in [0.2, 0.25) is 11.8 Å². The Labute approximate surface area is 133 Å². The van der Waals surface area contributed by atoms with Crippen molar-refractivity contribution >= 4 is 17.2 Å². The average molecular weight is 308 g/mol. The van der Waals surface area contributed by atoms with E-state index in [0.717, 1.165) is 35.4 Å². The molecule has 0 aliphatic heterocycles. The monoisotopic (exact) mass is 308 g/mol. The highest BCUT2D eigenvalue weighted by atomic mass is 16.5. The van der Waals surface area contributed by atoms with Crippen LogP contribution in [0.2, 0.25) is 0 Å². The molecule has 1 amide bonds. The number of benzene rings is 1. The maximum Gasteiger partial charge on any atom is 0.231 e. The van der Waals surface area contributed by atoms with Crippen LogP contribution in [0.5, 0.6) is 5.88 Å². The Bertz CT molecular complexity index is 883. The summed E-state index contributed by atoms with van der Waals surface area (Å²) in [7, 11) is 1.58. The molecule has 0 bridgehead atoms. The van der Waals surface area contributed by atoms with Gasteiger partial charge in [-0.25, -0.2) is 9.50 Å². The van der Waals surface area contributed by atoms with Crippen molar-refractivity contribution < 1.29 is 9.53 Å². The van der Waals surface area contributed by atoms with Crippen LogP contribution in [0.4, 0.5) is 5.69 Å². The predicted molar refractivity (Wildman–Crippen MR) is 86.3 cm³/mol. The summed E-state index contributed by atoms with van der Waals surface area (Å²) in [6.45, 7) is 0. The molecular weight excluding hydrogens is 292 g/mol. The first kappa shape index (κ1) is 13.8. The van der Waals surface area contributed by atoms with Gasteiger partial charge in [0.05, 0.1) is 19.0 Å². The van der Waals surface area contributed by atoms with Crippen LogP contribution in [0.3, 0.4) is 0 Å². The number of methoxy groups -OCH3 is 1. The van der Waals surface area contributed by atoms with E-state index in [4.69, 9.17) is 4.74 Å². The average Bonchev–Trinajstić information content (AvgIpc) is 3.34. The minimum atomic E-state index is 0.101. The van der Waals surface area contributed by atoms with Crippen LogP contribution in [-0.2, 0) is 4.79 Å². The normalized spacial score (nSPS) is 14.0. The molecule has 3 aromatic rings. The number of imidazole rings is 1. The second kappa shape index (κ2) is 5.39. The quantitative estimate of drug-likeness (QED) is 0.804. The van der Waals surface area contributed by atoms with Crippen LogP contribution in [-0.4, -0.2) is 27.6 Å². The van der Waals surface area contributed by atoms with Gasteiger partial charge in [-0.05, 0) is 31.0 Å². The number of carbonyl (C=O) groups is 1. The highest BCUT2D eigenvalue weighted by Gasteiger charge is 2.29. The van der Waals surface area contributed by atoms with E-state index in [1.165, 1.54) is 0 Å². The third-order valence-electron chi connectivity index (χ3n) is 3.88. The van der Waals surface area contributed by atoms with Crippen LogP contribution >= 0.6 is 0 Å². The molecule has 4 rings (SSSR count).